The van der Waals surface area contributed by atoms with Crippen LogP contribution in [-0.4, -0.2) is 10.9 Å². The van der Waals surface area contributed by atoms with Crippen LogP contribution in [0.3, 0.4) is 0 Å². The zero-order valence-electron chi connectivity index (χ0n) is 12.1. The van der Waals surface area contributed by atoms with Gasteiger partial charge in [0.05, 0.1) is 16.8 Å². The fourth-order valence-electron chi connectivity index (χ4n) is 2.14. The van der Waals surface area contributed by atoms with Gasteiger partial charge in [-0.1, -0.05) is 12.1 Å². The van der Waals surface area contributed by atoms with Crippen LogP contribution in [0.5, 0.6) is 0 Å². The lowest BCUT2D eigenvalue weighted by atomic mass is 10.1. The number of aryl methyl sites for hydroxylation is 1. The average molecular weight is 330 g/mol. The molecule has 0 bridgehead atoms. The number of aromatic nitrogens is 1. The van der Waals surface area contributed by atoms with Gasteiger partial charge in [-0.3, -0.25) is 9.78 Å². The molecule has 0 aliphatic rings. The minimum absolute atomic E-state index is 0.0828. The average Bonchev–Trinajstić information content (AvgIpc) is 2.92. The van der Waals surface area contributed by atoms with Crippen molar-refractivity contribution in [2.75, 3.05) is 5.32 Å². The van der Waals surface area contributed by atoms with Crippen LogP contribution in [0.2, 0.25) is 0 Å². The van der Waals surface area contributed by atoms with Crippen molar-refractivity contribution in [1.82, 2.24) is 4.98 Å². The fraction of sp³-hybridized carbons (Fsp3) is 0.0588. The molecule has 0 saturated carbocycles. The van der Waals surface area contributed by atoms with E-state index in [9.17, 15) is 13.6 Å². The topological polar surface area (TPSA) is 42.0 Å². The number of benzene rings is 1. The molecule has 0 aliphatic carbocycles. The Balaban J connectivity index is 1.87. The Kier molecular flexibility index (Phi) is 4.16. The van der Waals surface area contributed by atoms with E-state index in [2.05, 4.69) is 10.3 Å². The molecule has 3 rings (SSSR count). The molecule has 0 atom stereocenters. The lowest BCUT2D eigenvalue weighted by Crippen LogP contribution is -2.11. The second-order valence-electron chi connectivity index (χ2n) is 4.94. The minimum atomic E-state index is -0.590. The molecule has 0 unspecified atom stereocenters. The van der Waals surface area contributed by atoms with E-state index >= 15 is 0 Å². The van der Waals surface area contributed by atoms with Crippen molar-refractivity contribution in [2.45, 2.75) is 6.92 Å². The second-order valence-corrected chi connectivity index (χ2v) is 5.99. The summed E-state index contributed by atoms with van der Waals surface area (Å²) in [6.07, 6.45) is 2.45. The van der Waals surface area contributed by atoms with E-state index in [1.165, 1.54) is 35.7 Å². The summed E-state index contributed by atoms with van der Waals surface area (Å²) in [7, 11) is 0. The number of carbonyl (C=O) groups is 1. The highest BCUT2D eigenvalue weighted by molar-refractivity contribution is 7.17. The van der Waals surface area contributed by atoms with Crippen molar-refractivity contribution in [3.8, 4) is 10.4 Å². The number of amides is 1. The van der Waals surface area contributed by atoms with Crippen LogP contribution in [0.25, 0.3) is 10.4 Å². The Morgan fingerprint density at radius 1 is 1.17 bits per heavy atom. The Bertz CT molecular complexity index is 859. The number of carbonyl (C=O) groups excluding carboxylic acids is 1. The molecule has 3 aromatic rings. The molecule has 116 valence electrons. The molecule has 1 amide bonds. The third kappa shape index (κ3) is 3.27. The molecule has 1 N–H and O–H groups in total. The Hall–Kier alpha value is -2.60. The molecular weight excluding hydrogens is 318 g/mol. The third-order valence-electron chi connectivity index (χ3n) is 3.27. The summed E-state index contributed by atoms with van der Waals surface area (Å²) in [5.74, 6) is -1.29. The van der Waals surface area contributed by atoms with E-state index in [1.54, 1.807) is 18.2 Å². The number of anilines is 1. The van der Waals surface area contributed by atoms with Gasteiger partial charge < -0.3 is 5.32 Å². The third-order valence-corrected chi connectivity index (χ3v) is 4.55. The number of halogens is 2. The SMILES string of the molecule is Cc1cc(C(=O)Nc2ccncc2F)sc1-c1ccc(F)cc1. The van der Waals surface area contributed by atoms with Crippen molar-refractivity contribution in [3.05, 3.63) is 70.9 Å². The highest BCUT2D eigenvalue weighted by Crippen LogP contribution is 2.33. The zero-order valence-corrected chi connectivity index (χ0v) is 13.0. The van der Waals surface area contributed by atoms with Gasteiger partial charge in [0.25, 0.3) is 5.91 Å². The molecule has 0 radical (unpaired) electrons. The van der Waals surface area contributed by atoms with Gasteiger partial charge in [0.15, 0.2) is 5.82 Å². The van der Waals surface area contributed by atoms with Crippen LogP contribution >= 0.6 is 11.3 Å². The zero-order chi connectivity index (χ0) is 16.4. The lowest BCUT2D eigenvalue weighted by Gasteiger charge is -2.03. The number of nitrogens with one attached hydrogen (secondary N) is 1. The predicted octanol–water partition coefficient (Wildman–Crippen LogP) is 4.65. The smallest absolute Gasteiger partial charge is 0.265 e. The molecule has 0 spiro atoms. The summed E-state index contributed by atoms with van der Waals surface area (Å²) in [6, 6.07) is 9.21. The van der Waals surface area contributed by atoms with Crippen molar-refractivity contribution in [2.24, 2.45) is 0 Å². The molecule has 1 aromatic carbocycles. The summed E-state index contributed by atoms with van der Waals surface area (Å²) in [6.45, 7) is 1.87. The Morgan fingerprint density at radius 2 is 1.91 bits per heavy atom. The van der Waals surface area contributed by atoms with Crippen molar-refractivity contribution in [3.63, 3.8) is 0 Å². The normalized spacial score (nSPS) is 10.6. The summed E-state index contributed by atoms with van der Waals surface area (Å²) in [5.41, 5.74) is 1.82. The molecule has 6 heteroatoms. The highest BCUT2D eigenvalue weighted by atomic mass is 32.1. The van der Waals surface area contributed by atoms with Crippen LogP contribution in [0.15, 0.2) is 48.8 Å². The van der Waals surface area contributed by atoms with Crippen LogP contribution in [-0.2, 0) is 0 Å². The van der Waals surface area contributed by atoms with Crippen LogP contribution in [0, 0.1) is 18.6 Å². The molecule has 23 heavy (non-hydrogen) atoms. The maximum Gasteiger partial charge on any atom is 0.265 e. The molecule has 0 aliphatic heterocycles. The second kappa shape index (κ2) is 6.26. The first-order valence-electron chi connectivity index (χ1n) is 6.82. The van der Waals surface area contributed by atoms with Gasteiger partial charge in [-0.05, 0) is 42.3 Å². The molecule has 0 saturated heterocycles. The van der Waals surface area contributed by atoms with Gasteiger partial charge >= 0.3 is 0 Å². The van der Waals surface area contributed by atoms with Crippen molar-refractivity contribution in [1.29, 1.82) is 0 Å². The quantitative estimate of drug-likeness (QED) is 0.759. The fourth-order valence-corrected chi connectivity index (χ4v) is 3.22. The number of rotatable bonds is 3. The Labute approximate surface area is 135 Å². The first-order chi connectivity index (χ1) is 11.0. The van der Waals surface area contributed by atoms with Crippen molar-refractivity contribution < 1.29 is 13.6 Å². The standard InChI is InChI=1S/C17H12F2N2OS/c1-10-8-15(17(22)21-14-6-7-20-9-13(14)19)23-16(10)11-2-4-12(18)5-3-11/h2-9H,1H3,(H,20,21,22). The lowest BCUT2D eigenvalue weighted by molar-refractivity contribution is 0.103. The van der Waals surface area contributed by atoms with Gasteiger partial charge in [-0.2, -0.15) is 0 Å². The molecule has 0 fully saturated rings. The molecular formula is C17H12F2N2OS. The van der Waals surface area contributed by atoms with E-state index < -0.39 is 11.7 Å². The molecule has 2 heterocycles. The maximum absolute atomic E-state index is 13.5. The molecule has 3 nitrogen and oxygen atoms in total. The van der Waals surface area contributed by atoms with Gasteiger partial charge in [-0.25, -0.2) is 8.78 Å². The first-order valence-corrected chi connectivity index (χ1v) is 7.63. The number of pyridine rings is 1. The van der Waals surface area contributed by atoms with E-state index in [1.807, 2.05) is 6.92 Å². The summed E-state index contributed by atoms with van der Waals surface area (Å²) in [4.78, 5) is 17.2. The maximum atomic E-state index is 13.5. The van der Waals surface area contributed by atoms with Crippen LogP contribution in [0.4, 0.5) is 14.5 Å². The highest BCUT2D eigenvalue weighted by Gasteiger charge is 2.15. The number of thiophene rings is 1. The molecule has 2 aromatic heterocycles. The summed E-state index contributed by atoms with van der Waals surface area (Å²) in [5, 5.41) is 2.52. The predicted molar refractivity (Wildman–Crippen MR) is 86.6 cm³/mol. The van der Waals surface area contributed by atoms with Crippen LogP contribution in [0.1, 0.15) is 15.2 Å². The summed E-state index contributed by atoms with van der Waals surface area (Å²) < 4.78 is 26.6. The number of hydrogen-bond donors (Lipinski definition) is 1. The number of hydrogen-bond acceptors (Lipinski definition) is 3. The van der Waals surface area contributed by atoms with Crippen molar-refractivity contribution >= 4 is 22.9 Å². The van der Waals surface area contributed by atoms with Gasteiger partial charge in [0, 0.05) is 11.1 Å². The monoisotopic (exact) mass is 330 g/mol. The van der Waals surface area contributed by atoms with E-state index in [-0.39, 0.29) is 11.5 Å². The van der Waals surface area contributed by atoms with Gasteiger partial charge in [-0.15, -0.1) is 11.3 Å². The number of nitrogens with zero attached hydrogens (tertiary/aromatic N) is 1. The van der Waals surface area contributed by atoms with Gasteiger partial charge in [0.1, 0.15) is 5.82 Å². The van der Waals surface area contributed by atoms with E-state index in [0.717, 1.165) is 22.2 Å². The van der Waals surface area contributed by atoms with Crippen LogP contribution < -0.4 is 5.32 Å². The minimum Gasteiger partial charge on any atom is -0.319 e. The van der Waals surface area contributed by atoms with Gasteiger partial charge in [0.2, 0.25) is 0 Å². The van der Waals surface area contributed by atoms with E-state index in [4.69, 9.17) is 0 Å². The summed E-state index contributed by atoms with van der Waals surface area (Å²) >= 11 is 1.28. The first kappa shape index (κ1) is 15.3. The van der Waals surface area contributed by atoms with E-state index in [0.29, 0.717) is 4.88 Å². The largest absolute Gasteiger partial charge is 0.319 e. The Morgan fingerprint density at radius 3 is 2.61 bits per heavy atom.